The molecule has 0 fully saturated rings. The first-order valence-corrected chi connectivity index (χ1v) is 5.99. The summed E-state index contributed by atoms with van der Waals surface area (Å²) < 4.78 is 48.7. The van der Waals surface area contributed by atoms with Gasteiger partial charge in [-0.25, -0.2) is 0 Å². The van der Waals surface area contributed by atoms with E-state index in [1.54, 1.807) is 14.2 Å². The normalized spacial score (nSPS) is 5.64. The summed E-state index contributed by atoms with van der Waals surface area (Å²) in [6, 6.07) is 7.84. The van der Waals surface area contributed by atoms with Crippen LogP contribution in [-0.4, -0.2) is 18.3 Å². The minimum absolute atomic E-state index is 0.873. The zero-order valence-electron chi connectivity index (χ0n) is 11.6. The Morgan fingerprint density at radius 3 is 1.32 bits per heavy atom. The van der Waals surface area contributed by atoms with Gasteiger partial charge in [0, 0.05) is 0 Å². The average molecular weight is 474 g/mol. The molecule has 0 aromatic heterocycles. The fourth-order valence-electron chi connectivity index (χ4n) is 0.845. The molecule has 0 aliphatic carbocycles. The van der Waals surface area contributed by atoms with Crippen LogP contribution in [0.3, 0.4) is 0 Å². The summed E-state index contributed by atoms with van der Waals surface area (Å²) in [6.07, 6.45) is 0. The van der Waals surface area contributed by atoms with Crippen LogP contribution in [0.15, 0.2) is 24.3 Å². The van der Waals surface area contributed by atoms with E-state index in [2.05, 4.69) is 33.3 Å². The van der Waals surface area contributed by atoms with Crippen LogP contribution in [0.1, 0.15) is 5.56 Å². The predicted octanol–water partition coefficient (Wildman–Crippen LogP) is 1.18. The van der Waals surface area contributed by atoms with Gasteiger partial charge in [0.2, 0.25) is 0 Å². The van der Waals surface area contributed by atoms with E-state index in [4.69, 9.17) is 32.7 Å². The molecule has 0 N–H and O–H groups in total. The van der Waals surface area contributed by atoms with Gasteiger partial charge < -0.3 is 0 Å². The third-order valence-corrected chi connectivity index (χ3v) is 2.96. The summed E-state index contributed by atoms with van der Waals surface area (Å²) in [5, 5.41) is 0. The Morgan fingerprint density at radius 1 is 0.773 bits per heavy atom. The van der Waals surface area contributed by atoms with E-state index in [0.29, 0.717) is 0 Å². The van der Waals surface area contributed by atoms with Crippen LogP contribution >= 0.6 is 0 Å². The van der Waals surface area contributed by atoms with Crippen LogP contribution in [0, 0.1) is 33.3 Å². The predicted molar refractivity (Wildman–Crippen MR) is 63.8 cm³/mol. The van der Waals surface area contributed by atoms with Gasteiger partial charge in [0.1, 0.15) is 0 Å². The van der Waals surface area contributed by atoms with E-state index in [1.165, 1.54) is 19.4 Å². The van der Waals surface area contributed by atoms with Crippen molar-refractivity contribution in [3.05, 3.63) is 63.1 Å². The topological polar surface area (TPSA) is 118 Å². The van der Waals surface area contributed by atoms with Crippen molar-refractivity contribution in [2.75, 3.05) is 14.2 Å². The first kappa shape index (κ1) is 32.3. The van der Waals surface area contributed by atoms with E-state index in [-0.39, 0.29) is 0 Å². The van der Waals surface area contributed by atoms with Crippen molar-refractivity contribution in [3.63, 3.8) is 0 Å². The number of benzene rings is 1. The quantitative estimate of drug-likeness (QED) is 0.484. The van der Waals surface area contributed by atoms with Crippen molar-refractivity contribution in [1.82, 2.24) is 0 Å². The molecular formula is C14H10O7W. The van der Waals surface area contributed by atoms with Gasteiger partial charge in [-0.1, -0.05) is 0 Å². The van der Waals surface area contributed by atoms with Crippen molar-refractivity contribution in [1.29, 1.82) is 0 Å². The standard InChI is InChI=1S/C9H10O2.5CO.W/c1-10-7-8-3-5-9(11-2)6-4-8;5*1-2;/h3-6H,1-2H3;;;;;;. The van der Waals surface area contributed by atoms with Crippen LogP contribution in [-0.2, 0) is 47.4 Å². The molecule has 114 valence electrons. The van der Waals surface area contributed by atoms with E-state index >= 15 is 0 Å². The molecule has 0 atom stereocenters. The fraction of sp³-hybridized carbons (Fsp3) is 0.143. The summed E-state index contributed by atoms with van der Waals surface area (Å²) in [5.41, 5.74) is 1.12. The molecule has 0 unspecified atom stereocenters. The number of rotatable bonds is 3. The van der Waals surface area contributed by atoms with Crippen LogP contribution in [0.4, 0.5) is 0 Å². The Kier molecular flexibility index (Phi) is 53.5. The van der Waals surface area contributed by atoms with Crippen molar-refractivity contribution in [2.45, 2.75) is 0 Å². The Bertz CT molecular complexity index is 420. The molecule has 0 radical (unpaired) electrons. The van der Waals surface area contributed by atoms with Crippen LogP contribution in [0.5, 0.6) is 5.75 Å². The Balaban J connectivity index is -0.0000000822. The summed E-state index contributed by atoms with van der Waals surface area (Å²) in [5.74, 6) is 0.873. The molecule has 0 aliphatic rings. The molecule has 0 amide bonds. The molecule has 0 heterocycles. The Morgan fingerprint density at radius 2 is 1.09 bits per heavy atom. The van der Waals surface area contributed by atoms with Crippen molar-refractivity contribution < 1.29 is 52.1 Å². The SMILES string of the molecule is CO[C](=[W])c1ccc(OC)cc1.[C-]#[O+].[C-]#[O+].[C-]#[O+].[C-]#[O+].[C-]#[O+]. The molecule has 0 aliphatic heterocycles. The van der Waals surface area contributed by atoms with Gasteiger partial charge in [-0.05, 0) is 0 Å². The zero-order valence-corrected chi connectivity index (χ0v) is 14.5. The van der Waals surface area contributed by atoms with Crippen LogP contribution < -0.4 is 4.74 Å². The van der Waals surface area contributed by atoms with Crippen LogP contribution in [0.25, 0.3) is 0 Å². The first-order valence-electron chi connectivity index (χ1n) is 4.52. The van der Waals surface area contributed by atoms with E-state index in [1.807, 2.05) is 24.3 Å². The van der Waals surface area contributed by atoms with E-state index in [0.717, 1.165) is 15.4 Å². The van der Waals surface area contributed by atoms with E-state index < -0.39 is 0 Å². The maximum absolute atomic E-state index is 7.50. The molecule has 1 rings (SSSR count). The van der Waals surface area contributed by atoms with Crippen molar-refractivity contribution in [2.24, 2.45) is 0 Å². The van der Waals surface area contributed by atoms with Gasteiger partial charge in [-0.3, -0.25) is 0 Å². The summed E-state index contributed by atoms with van der Waals surface area (Å²) in [6.45, 7) is 22.5. The monoisotopic (exact) mass is 474 g/mol. The molecule has 1 aromatic rings. The van der Waals surface area contributed by atoms with Gasteiger partial charge in [-0.15, -0.1) is 0 Å². The zero-order chi connectivity index (χ0) is 19.0. The van der Waals surface area contributed by atoms with Crippen LogP contribution in [0.2, 0.25) is 0 Å². The second-order valence-corrected chi connectivity index (χ2v) is 3.55. The molecular weight excluding hydrogens is 464 g/mol. The van der Waals surface area contributed by atoms with Crippen molar-refractivity contribution in [3.8, 4) is 5.75 Å². The summed E-state index contributed by atoms with van der Waals surface area (Å²) in [7, 11) is 3.35. The molecule has 22 heavy (non-hydrogen) atoms. The molecule has 0 spiro atoms. The van der Waals surface area contributed by atoms with Gasteiger partial charge >= 0.3 is 139 Å². The number of ether oxygens (including phenoxy) is 2. The number of hydrogen-bond donors (Lipinski definition) is 0. The van der Waals surface area contributed by atoms with E-state index in [9.17, 15) is 0 Å². The fourth-order valence-corrected chi connectivity index (χ4v) is 1.33. The maximum atomic E-state index is 7.50. The molecule has 1 aromatic carbocycles. The molecule has 0 saturated carbocycles. The molecule has 0 bridgehead atoms. The second-order valence-electron chi connectivity index (χ2n) is 2.22. The second kappa shape index (κ2) is 36.5. The van der Waals surface area contributed by atoms with Gasteiger partial charge in [-0.2, -0.15) is 0 Å². The average Bonchev–Trinajstić information content (AvgIpc) is 2.69. The van der Waals surface area contributed by atoms with Gasteiger partial charge in [0.15, 0.2) is 0 Å². The minimum atomic E-state index is 0.873. The summed E-state index contributed by atoms with van der Waals surface area (Å²) >= 11 is 1.33. The van der Waals surface area contributed by atoms with Gasteiger partial charge in [0.05, 0.1) is 0 Å². The third-order valence-electron chi connectivity index (χ3n) is 1.51. The van der Waals surface area contributed by atoms with Gasteiger partial charge in [0.25, 0.3) is 0 Å². The first-order chi connectivity index (χ1) is 10.8. The molecule has 0 saturated heterocycles. The molecule has 8 heteroatoms. The number of hydrogen-bond acceptors (Lipinski definition) is 2. The number of methoxy groups -OCH3 is 2. The Hall–Kier alpha value is -1.76. The van der Waals surface area contributed by atoms with Crippen molar-refractivity contribution >= 4 is 4.08 Å². The molecule has 7 nitrogen and oxygen atoms in total. The third kappa shape index (κ3) is 20.6. The Labute approximate surface area is 139 Å². The summed E-state index contributed by atoms with van der Waals surface area (Å²) in [4.78, 5) is 0.